The molecule has 6 heteroatoms. The van der Waals surface area contributed by atoms with Crippen molar-refractivity contribution in [3.8, 4) is 11.1 Å². The van der Waals surface area contributed by atoms with E-state index in [1.54, 1.807) is 11.8 Å². The molecule has 1 heterocycles. The number of amides is 1. The Hall–Kier alpha value is -3.09. The minimum Gasteiger partial charge on any atom is -0.480 e. The molecule has 0 radical (unpaired) electrons. The molecule has 5 rings (SSSR count). The molecule has 2 atom stereocenters. The second kappa shape index (κ2) is 29.6. The number of aliphatic carboxylic acids is 1. The maximum atomic E-state index is 13.3. The van der Waals surface area contributed by atoms with Crippen molar-refractivity contribution in [2.75, 3.05) is 18.6 Å². The molecule has 3 aromatic rings. The molecule has 0 spiro atoms. The number of rotatable bonds is 11. The molecule has 2 fully saturated rings. The van der Waals surface area contributed by atoms with Gasteiger partial charge in [-0.15, -0.1) is 0 Å². The molecule has 1 aliphatic heterocycles. The summed E-state index contributed by atoms with van der Waals surface area (Å²) in [5, 5.41) is 12.4. The lowest BCUT2D eigenvalue weighted by atomic mass is 9.93. The van der Waals surface area contributed by atoms with Gasteiger partial charge in [-0.1, -0.05) is 148 Å². The lowest BCUT2D eigenvalue weighted by Gasteiger charge is -2.25. The predicted molar refractivity (Wildman–Crippen MR) is 221 cm³/mol. The van der Waals surface area contributed by atoms with Crippen molar-refractivity contribution in [3.63, 3.8) is 0 Å². The van der Waals surface area contributed by atoms with Crippen LogP contribution in [0.3, 0.4) is 0 Å². The first-order valence-electron chi connectivity index (χ1n) is 19.4. The Morgan fingerprint density at radius 3 is 1.94 bits per heavy atom. The molecule has 0 bridgehead atoms. The van der Waals surface area contributed by atoms with E-state index < -0.39 is 12.0 Å². The fourth-order valence-corrected chi connectivity index (χ4v) is 5.89. The summed E-state index contributed by atoms with van der Waals surface area (Å²) in [6.07, 6.45) is 13.0. The van der Waals surface area contributed by atoms with E-state index in [1.165, 1.54) is 50.5 Å². The molecular weight excluding hydrogens is 637 g/mol. The molecule has 2 unspecified atom stereocenters. The topological polar surface area (TPSA) is 69.6 Å². The molecule has 1 saturated heterocycles. The standard InChI is InChI=1S/C31H36N2O3S.C4H8.C3H8.3C2H6/c1-22-9-6-7-13-26(22)28-20-24(14-15-27(28)30(34)32-29(31(35)36)16-18-37-2)21-33-17-8-12-25(33)19-23-10-4-3-5-11-23;1-2-4-3-1;1-3-2;3*1-2/h3-7,9-11,13-15,20,25,29H,8,12,16-19,21H2,1-2H3,(H,32,34)(H,35,36);1-4H2;3H2,1-2H3;3*1-2H3. The lowest BCUT2D eigenvalue weighted by molar-refractivity contribution is -0.139. The van der Waals surface area contributed by atoms with E-state index in [1.807, 2.05) is 91.1 Å². The van der Waals surface area contributed by atoms with Crippen LogP contribution < -0.4 is 5.32 Å². The molecular formula is C44H70N2O3S. The van der Waals surface area contributed by atoms with Gasteiger partial charge in [0.25, 0.3) is 5.91 Å². The third-order valence-electron chi connectivity index (χ3n) is 8.18. The molecule has 1 aliphatic carbocycles. The first-order valence-corrected chi connectivity index (χ1v) is 20.8. The van der Waals surface area contributed by atoms with E-state index in [2.05, 4.69) is 60.5 Å². The largest absolute Gasteiger partial charge is 0.480 e. The first kappa shape index (κ1) is 46.9. The van der Waals surface area contributed by atoms with E-state index >= 15 is 0 Å². The Balaban J connectivity index is 0.00000160. The zero-order valence-corrected chi connectivity index (χ0v) is 34.0. The Kier molecular flexibility index (Phi) is 27.8. The number of carbonyl (C=O) groups is 2. The van der Waals surface area contributed by atoms with Crippen LogP contribution in [-0.2, 0) is 17.8 Å². The van der Waals surface area contributed by atoms with Crippen LogP contribution in [0, 0.1) is 6.92 Å². The second-order valence-electron chi connectivity index (χ2n) is 11.9. The summed E-state index contributed by atoms with van der Waals surface area (Å²) < 4.78 is 0. The maximum absolute atomic E-state index is 13.3. The Morgan fingerprint density at radius 2 is 1.40 bits per heavy atom. The summed E-state index contributed by atoms with van der Waals surface area (Å²) >= 11 is 1.57. The fraction of sp³-hybridized carbons (Fsp3) is 0.545. The van der Waals surface area contributed by atoms with E-state index in [9.17, 15) is 14.7 Å². The van der Waals surface area contributed by atoms with Crippen molar-refractivity contribution >= 4 is 23.6 Å². The highest BCUT2D eigenvalue weighted by Crippen LogP contribution is 2.30. The summed E-state index contributed by atoms with van der Waals surface area (Å²) in [5.74, 6) is -0.683. The summed E-state index contributed by atoms with van der Waals surface area (Å²) in [6, 6.07) is 24.3. The van der Waals surface area contributed by atoms with Crippen LogP contribution in [0.5, 0.6) is 0 Å². The van der Waals surface area contributed by atoms with Gasteiger partial charge < -0.3 is 10.4 Å². The second-order valence-corrected chi connectivity index (χ2v) is 12.9. The van der Waals surface area contributed by atoms with Gasteiger partial charge in [0, 0.05) is 18.2 Å². The maximum Gasteiger partial charge on any atom is 0.326 e. The van der Waals surface area contributed by atoms with Crippen LogP contribution in [0.1, 0.15) is 134 Å². The van der Waals surface area contributed by atoms with Crippen LogP contribution in [0.25, 0.3) is 11.1 Å². The highest BCUT2D eigenvalue weighted by atomic mass is 32.2. The summed E-state index contributed by atoms with van der Waals surface area (Å²) in [5.41, 5.74) is 5.95. The van der Waals surface area contributed by atoms with E-state index in [-0.39, 0.29) is 5.91 Å². The number of carbonyl (C=O) groups excluding carboxylic acids is 1. The molecule has 2 aliphatic rings. The fourth-order valence-electron chi connectivity index (χ4n) is 5.42. The average molecular weight is 707 g/mol. The Morgan fingerprint density at radius 1 is 0.820 bits per heavy atom. The summed E-state index contributed by atoms with van der Waals surface area (Å²) in [7, 11) is 0. The van der Waals surface area contributed by atoms with Gasteiger partial charge in [0.2, 0.25) is 0 Å². The summed E-state index contributed by atoms with van der Waals surface area (Å²) in [4.78, 5) is 27.7. The third kappa shape index (κ3) is 17.2. The SMILES string of the molecule is C1CCC1.CC.CC.CC.CCC.CSCCC(NC(=O)c1ccc(CN2CCCC2Cc2ccccc2)cc1-c1ccccc1C)C(=O)O. The molecule has 3 aromatic carbocycles. The van der Waals surface area contributed by atoms with Crippen molar-refractivity contribution in [1.29, 1.82) is 0 Å². The highest BCUT2D eigenvalue weighted by molar-refractivity contribution is 7.98. The van der Waals surface area contributed by atoms with Crippen LogP contribution in [-0.4, -0.2) is 52.5 Å². The average Bonchev–Trinajstić information content (AvgIpc) is 3.55. The van der Waals surface area contributed by atoms with Gasteiger partial charge in [-0.05, 0) is 91.1 Å². The zero-order valence-electron chi connectivity index (χ0n) is 33.2. The predicted octanol–water partition coefficient (Wildman–Crippen LogP) is 11.9. The van der Waals surface area contributed by atoms with E-state index in [0.717, 1.165) is 41.8 Å². The minimum absolute atomic E-state index is 0.346. The number of benzene rings is 3. The third-order valence-corrected chi connectivity index (χ3v) is 8.82. The van der Waals surface area contributed by atoms with Gasteiger partial charge in [0.15, 0.2) is 0 Å². The van der Waals surface area contributed by atoms with Crippen LogP contribution in [0.15, 0.2) is 72.8 Å². The number of nitrogens with zero attached hydrogens (tertiary/aromatic N) is 1. The number of likely N-dealkylation sites (tertiary alicyclic amines) is 1. The van der Waals surface area contributed by atoms with Crippen LogP contribution in [0.2, 0.25) is 0 Å². The summed E-state index contributed by atoms with van der Waals surface area (Å²) in [6.45, 7) is 20.2. The van der Waals surface area contributed by atoms with Crippen LogP contribution in [0.4, 0.5) is 0 Å². The Bertz CT molecular complexity index is 1290. The van der Waals surface area contributed by atoms with Crippen molar-refractivity contribution in [2.24, 2.45) is 0 Å². The normalized spacial score (nSPS) is 14.8. The van der Waals surface area contributed by atoms with Crippen molar-refractivity contribution < 1.29 is 14.7 Å². The number of nitrogens with one attached hydrogen (secondary N) is 1. The first-order chi connectivity index (χ1) is 24.4. The number of hydrogen-bond donors (Lipinski definition) is 2. The number of aryl methyl sites for hydroxylation is 1. The molecule has 0 aromatic heterocycles. The molecule has 280 valence electrons. The quantitative estimate of drug-likeness (QED) is 0.208. The van der Waals surface area contributed by atoms with Gasteiger partial charge in [0.05, 0.1) is 0 Å². The van der Waals surface area contributed by atoms with E-state index in [0.29, 0.717) is 23.8 Å². The van der Waals surface area contributed by atoms with Crippen molar-refractivity contribution in [3.05, 3.63) is 95.1 Å². The van der Waals surface area contributed by atoms with Gasteiger partial charge in [0.1, 0.15) is 6.04 Å². The molecule has 1 amide bonds. The van der Waals surface area contributed by atoms with Gasteiger partial charge >= 0.3 is 5.97 Å². The molecule has 1 saturated carbocycles. The van der Waals surface area contributed by atoms with Gasteiger partial charge in [-0.25, -0.2) is 4.79 Å². The number of carboxylic acids is 1. The molecule has 5 nitrogen and oxygen atoms in total. The van der Waals surface area contributed by atoms with E-state index in [4.69, 9.17) is 0 Å². The highest BCUT2D eigenvalue weighted by Gasteiger charge is 2.26. The number of carboxylic acid groups (broad SMARTS) is 1. The Labute approximate surface area is 311 Å². The smallest absolute Gasteiger partial charge is 0.326 e. The van der Waals surface area contributed by atoms with Gasteiger partial charge in [-0.3, -0.25) is 9.69 Å². The number of thioether (sulfide) groups is 1. The van der Waals surface area contributed by atoms with Crippen LogP contribution >= 0.6 is 11.8 Å². The molecule has 50 heavy (non-hydrogen) atoms. The van der Waals surface area contributed by atoms with Crippen molar-refractivity contribution in [1.82, 2.24) is 10.2 Å². The van der Waals surface area contributed by atoms with Crippen molar-refractivity contribution in [2.45, 2.75) is 139 Å². The zero-order chi connectivity index (χ0) is 37.7. The lowest BCUT2D eigenvalue weighted by Crippen LogP contribution is -2.41. The number of hydrogen-bond acceptors (Lipinski definition) is 4. The monoisotopic (exact) mass is 707 g/mol. The minimum atomic E-state index is -1.00. The molecule has 2 N–H and O–H groups in total. The van der Waals surface area contributed by atoms with Gasteiger partial charge in [-0.2, -0.15) is 11.8 Å².